The first-order valence-corrected chi connectivity index (χ1v) is 5.65. The lowest BCUT2D eigenvalue weighted by Crippen LogP contribution is -2.43. The molecule has 0 heterocycles. The van der Waals surface area contributed by atoms with Gasteiger partial charge in [0.2, 0.25) is 5.91 Å². The van der Waals surface area contributed by atoms with Crippen LogP contribution in [0.4, 0.5) is 4.79 Å². The van der Waals surface area contributed by atoms with Crippen molar-refractivity contribution in [3.05, 3.63) is 0 Å². The summed E-state index contributed by atoms with van der Waals surface area (Å²) in [7, 11) is 0. The van der Waals surface area contributed by atoms with Crippen LogP contribution in [0.3, 0.4) is 0 Å². The van der Waals surface area contributed by atoms with Crippen LogP contribution in [-0.2, 0) is 4.79 Å². The number of halogens is 1. The number of alkyl halides is 1. The Labute approximate surface area is 95.7 Å². The fraction of sp³-hybridized carbons (Fsp3) is 0.800. The van der Waals surface area contributed by atoms with Crippen molar-refractivity contribution in [2.24, 2.45) is 5.92 Å². The van der Waals surface area contributed by atoms with Gasteiger partial charge in [-0.15, -0.1) is 11.6 Å². The van der Waals surface area contributed by atoms with Gasteiger partial charge in [-0.1, -0.05) is 13.8 Å². The molecule has 0 saturated heterocycles. The highest BCUT2D eigenvalue weighted by atomic mass is 35.5. The van der Waals surface area contributed by atoms with Crippen molar-refractivity contribution in [3.8, 4) is 0 Å². The van der Waals surface area contributed by atoms with Crippen LogP contribution in [0.15, 0.2) is 0 Å². The SMILES string of the molecule is CC(C)CC(C)NC(=O)NC(=O)CCCl. The number of urea groups is 1. The third-order valence-electron chi connectivity index (χ3n) is 1.78. The summed E-state index contributed by atoms with van der Waals surface area (Å²) in [6.45, 7) is 6.06. The van der Waals surface area contributed by atoms with Crippen LogP contribution in [0.2, 0.25) is 0 Å². The van der Waals surface area contributed by atoms with Crippen molar-refractivity contribution in [1.29, 1.82) is 0 Å². The summed E-state index contributed by atoms with van der Waals surface area (Å²) < 4.78 is 0. The van der Waals surface area contributed by atoms with E-state index >= 15 is 0 Å². The lowest BCUT2D eigenvalue weighted by atomic mass is 10.1. The molecule has 3 amide bonds. The van der Waals surface area contributed by atoms with Gasteiger partial charge in [0.25, 0.3) is 0 Å². The number of imide groups is 1. The summed E-state index contributed by atoms with van der Waals surface area (Å²) in [5.74, 6) is 0.388. The maximum atomic E-state index is 11.2. The van der Waals surface area contributed by atoms with Gasteiger partial charge < -0.3 is 5.32 Å². The predicted octanol–water partition coefficient (Wildman–Crippen LogP) is 1.88. The van der Waals surface area contributed by atoms with E-state index in [0.29, 0.717) is 5.92 Å². The van der Waals surface area contributed by atoms with Crippen LogP contribution < -0.4 is 10.6 Å². The maximum Gasteiger partial charge on any atom is 0.321 e. The molecule has 0 aliphatic rings. The van der Waals surface area contributed by atoms with Crippen molar-refractivity contribution in [2.75, 3.05) is 5.88 Å². The summed E-state index contributed by atoms with van der Waals surface area (Å²) in [5, 5.41) is 4.90. The molecule has 0 rings (SSSR count). The first-order chi connectivity index (χ1) is 6.95. The van der Waals surface area contributed by atoms with Gasteiger partial charge in [-0.3, -0.25) is 10.1 Å². The van der Waals surface area contributed by atoms with Crippen LogP contribution in [0.5, 0.6) is 0 Å². The number of amides is 3. The first kappa shape index (κ1) is 14.2. The quantitative estimate of drug-likeness (QED) is 0.714. The Morgan fingerprint density at radius 1 is 1.27 bits per heavy atom. The van der Waals surface area contributed by atoms with E-state index in [0.717, 1.165) is 6.42 Å². The molecule has 2 N–H and O–H groups in total. The minimum Gasteiger partial charge on any atom is -0.335 e. The summed E-state index contributed by atoms with van der Waals surface area (Å²) >= 11 is 5.36. The molecule has 5 heteroatoms. The summed E-state index contributed by atoms with van der Waals surface area (Å²) in [6.07, 6.45) is 1.05. The first-order valence-electron chi connectivity index (χ1n) is 5.12. The monoisotopic (exact) mass is 234 g/mol. The molecule has 1 unspecified atom stereocenters. The molecule has 0 radical (unpaired) electrons. The van der Waals surface area contributed by atoms with E-state index in [-0.39, 0.29) is 24.2 Å². The number of carbonyl (C=O) groups excluding carboxylic acids is 2. The third-order valence-corrected chi connectivity index (χ3v) is 1.97. The molecule has 15 heavy (non-hydrogen) atoms. The van der Waals surface area contributed by atoms with Crippen molar-refractivity contribution in [2.45, 2.75) is 39.7 Å². The van der Waals surface area contributed by atoms with Gasteiger partial charge in [-0.05, 0) is 19.3 Å². The molecule has 1 atom stereocenters. The Morgan fingerprint density at radius 3 is 2.33 bits per heavy atom. The molecule has 0 aromatic heterocycles. The van der Waals surface area contributed by atoms with Gasteiger partial charge in [0.15, 0.2) is 0 Å². The number of hydrogen-bond acceptors (Lipinski definition) is 2. The number of rotatable bonds is 5. The fourth-order valence-corrected chi connectivity index (χ4v) is 1.47. The van der Waals surface area contributed by atoms with Crippen LogP contribution in [0.1, 0.15) is 33.6 Å². The molecule has 0 aliphatic heterocycles. The van der Waals surface area contributed by atoms with Crippen molar-refractivity contribution in [1.82, 2.24) is 10.6 Å². The topological polar surface area (TPSA) is 58.2 Å². The lowest BCUT2D eigenvalue weighted by molar-refractivity contribution is -0.119. The van der Waals surface area contributed by atoms with Gasteiger partial charge in [-0.25, -0.2) is 4.79 Å². The smallest absolute Gasteiger partial charge is 0.321 e. The summed E-state index contributed by atoms with van der Waals surface area (Å²) in [6, 6.07) is -0.382. The largest absolute Gasteiger partial charge is 0.335 e. The highest BCUT2D eigenvalue weighted by Gasteiger charge is 2.11. The highest BCUT2D eigenvalue weighted by Crippen LogP contribution is 2.03. The minimum absolute atomic E-state index is 0.0637. The molecular weight excluding hydrogens is 216 g/mol. The van der Waals surface area contributed by atoms with E-state index in [4.69, 9.17) is 11.6 Å². The normalized spacial score (nSPS) is 12.3. The Bertz CT molecular complexity index is 219. The van der Waals surface area contributed by atoms with Crippen molar-refractivity contribution >= 4 is 23.5 Å². The molecule has 0 aliphatic carbocycles. The summed E-state index contributed by atoms with van der Waals surface area (Å²) in [4.78, 5) is 22.2. The minimum atomic E-state index is -0.446. The van der Waals surface area contributed by atoms with Gasteiger partial charge in [0.05, 0.1) is 0 Å². The van der Waals surface area contributed by atoms with E-state index in [1.807, 2.05) is 6.92 Å². The highest BCUT2D eigenvalue weighted by molar-refractivity contribution is 6.19. The van der Waals surface area contributed by atoms with Gasteiger partial charge in [0.1, 0.15) is 0 Å². The van der Waals surface area contributed by atoms with E-state index < -0.39 is 6.03 Å². The zero-order valence-electron chi connectivity index (χ0n) is 9.47. The second kappa shape index (κ2) is 7.51. The standard InChI is InChI=1S/C10H19ClN2O2/c1-7(2)6-8(3)12-10(15)13-9(14)4-5-11/h7-8H,4-6H2,1-3H3,(H2,12,13,14,15). The zero-order valence-corrected chi connectivity index (χ0v) is 10.2. The summed E-state index contributed by atoms with van der Waals surface area (Å²) in [5.41, 5.74) is 0. The zero-order chi connectivity index (χ0) is 11.8. The molecule has 0 aromatic rings. The maximum absolute atomic E-state index is 11.2. The van der Waals surface area contributed by atoms with Crippen LogP contribution in [-0.4, -0.2) is 23.9 Å². The van der Waals surface area contributed by atoms with E-state index in [1.165, 1.54) is 0 Å². The third kappa shape index (κ3) is 8.24. The average molecular weight is 235 g/mol. The Balaban J connectivity index is 3.78. The molecule has 4 nitrogen and oxygen atoms in total. The average Bonchev–Trinajstić information content (AvgIpc) is 2.00. The van der Waals surface area contributed by atoms with E-state index in [2.05, 4.69) is 24.5 Å². The fourth-order valence-electron chi connectivity index (χ4n) is 1.30. The Kier molecular flexibility index (Phi) is 7.13. The van der Waals surface area contributed by atoms with Crippen molar-refractivity contribution in [3.63, 3.8) is 0 Å². The molecular formula is C10H19ClN2O2. The van der Waals surface area contributed by atoms with Crippen molar-refractivity contribution < 1.29 is 9.59 Å². The Hall–Kier alpha value is -0.770. The van der Waals surface area contributed by atoms with Gasteiger partial charge in [0, 0.05) is 18.3 Å². The van der Waals surface area contributed by atoms with Gasteiger partial charge in [-0.2, -0.15) is 0 Å². The molecule has 0 aromatic carbocycles. The number of carbonyl (C=O) groups is 2. The molecule has 0 spiro atoms. The molecule has 0 bridgehead atoms. The van der Waals surface area contributed by atoms with E-state index in [9.17, 15) is 9.59 Å². The molecule has 0 saturated carbocycles. The second-order valence-corrected chi connectivity index (χ2v) is 4.37. The number of nitrogens with one attached hydrogen (secondary N) is 2. The Morgan fingerprint density at radius 2 is 1.87 bits per heavy atom. The van der Waals surface area contributed by atoms with Crippen LogP contribution in [0, 0.1) is 5.92 Å². The van der Waals surface area contributed by atoms with E-state index in [1.54, 1.807) is 0 Å². The molecule has 0 fully saturated rings. The lowest BCUT2D eigenvalue weighted by Gasteiger charge is -2.15. The number of hydrogen-bond donors (Lipinski definition) is 2. The van der Waals surface area contributed by atoms with Gasteiger partial charge >= 0.3 is 6.03 Å². The van der Waals surface area contributed by atoms with Crippen LogP contribution >= 0.6 is 11.6 Å². The second-order valence-electron chi connectivity index (χ2n) is 3.99. The molecule has 88 valence electrons. The predicted molar refractivity (Wildman–Crippen MR) is 60.9 cm³/mol. The van der Waals surface area contributed by atoms with Crippen LogP contribution in [0.25, 0.3) is 0 Å².